The molecule has 0 fully saturated rings. The van der Waals surface area contributed by atoms with Crippen LogP contribution in [0.4, 0.5) is 4.79 Å². The fourth-order valence-corrected chi connectivity index (χ4v) is 4.13. The second-order valence-electron chi connectivity index (χ2n) is 6.55. The molecule has 10 nitrogen and oxygen atoms in total. The van der Waals surface area contributed by atoms with Crippen LogP contribution < -0.4 is 10.6 Å². The first-order valence-electron chi connectivity index (χ1n) is 10.1. The third-order valence-electron chi connectivity index (χ3n) is 4.03. The number of carboxylic acid groups (broad SMARTS) is 1. The number of nitrogens with one attached hydrogen (secondary N) is 2. The van der Waals surface area contributed by atoms with Crippen molar-refractivity contribution in [3.8, 4) is 0 Å². The number of amides is 2. The van der Waals surface area contributed by atoms with E-state index >= 15 is 0 Å². The fourth-order valence-electron chi connectivity index (χ4n) is 2.62. The average Bonchev–Trinajstić information content (AvgIpc) is 2.72. The minimum atomic E-state index is -3.46. The highest BCUT2D eigenvalue weighted by atomic mass is 31.2. The van der Waals surface area contributed by atoms with Crippen LogP contribution in [0.1, 0.15) is 38.7 Å². The van der Waals surface area contributed by atoms with Gasteiger partial charge in [-0.25, -0.2) is 9.59 Å². The largest absolute Gasteiger partial charge is 0.480 e. The lowest BCUT2D eigenvalue weighted by Gasteiger charge is -2.17. The fraction of sp³-hybridized carbons (Fsp3) is 0.550. The molecule has 1 aromatic rings. The number of aliphatic carboxylic acids is 1. The maximum atomic E-state index is 12.3. The van der Waals surface area contributed by atoms with Crippen LogP contribution in [0.3, 0.4) is 0 Å². The molecule has 1 rings (SSSR count). The van der Waals surface area contributed by atoms with Crippen molar-refractivity contribution < 1.29 is 37.8 Å². The molecule has 0 aliphatic heterocycles. The van der Waals surface area contributed by atoms with Gasteiger partial charge in [0.1, 0.15) is 18.8 Å². The number of carboxylic acids is 1. The van der Waals surface area contributed by atoms with E-state index in [1.807, 2.05) is 18.2 Å². The van der Waals surface area contributed by atoms with Crippen LogP contribution in [0.2, 0.25) is 0 Å². The summed E-state index contributed by atoms with van der Waals surface area (Å²) >= 11 is 0. The van der Waals surface area contributed by atoms with Crippen LogP contribution in [-0.4, -0.2) is 55.0 Å². The normalized spacial score (nSPS) is 12.1. The highest BCUT2D eigenvalue weighted by Gasteiger charge is 2.27. The summed E-state index contributed by atoms with van der Waals surface area (Å²) in [7, 11) is -3.46. The Bertz CT molecular complexity index is 734. The first-order valence-corrected chi connectivity index (χ1v) is 11.9. The standard InChI is InChI=1S/C20H31N2O8P/c1-3-29-31(27,30-4-2)15-18(23)21-13-9-8-12-17(19(24)25)22-20(26)28-14-16-10-6-5-7-11-16/h5-7,10-11,17H,3-4,8-9,12-15H2,1-2H3,(H,21,23)(H,22,26)(H,24,25). The number of carbonyl (C=O) groups excluding carboxylic acids is 2. The lowest BCUT2D eigenvalue weighted by Crippen LogP contribution is -2.41. The summed E-state index contributed by atoms with van der Waals surface area (Å²) in [6.07, 6.45) is -0.107. The molecule has 174 valence electrons. The Morgan fingerprint density at radius 1 is 1.06 bits per heavy atom. The number of carbonyl (C=O) groups is 3. The van der Waals surface area contributed by atoms with Gasteiger partial charge in [-0.3, -0.25) is 9.36 Å². The number of unbranched alkanes of at least 4 members (excludes halogenated alkanes) is 1. The number of benzene rings is 1. The van der Waals surface area contributed by atoms with Crippen molar-refractivity contribution in [3.05, 3.63) is 35.9 Å². The van der Waals surface area contributed by atoms with Gasteiger partial charge in [-0.1, -0.05) is 30.3 Å². The molecule has 0 radical (unpaired) electrons. The second kappa shape index (κ2) is 14.6. The molecule has 11 heteroatoms. The minimum Gasteiger partial charge on any atom is -0.480 e. The molecule has 0 aliphatic carbocycles. The number of ether oxygens (including phenoxy) is 1. The van der Waals surface area contributed by atoms with Gasteiger partial charge in [0.2, 0.25) is 5.91 Å². The van der Waals surface area contributed by atoms with E-state index in [1.165, 1.54) is 0 Å². The monoisotopic (exact) mass is 458 g/mol. The molecule has 31 heavy (non-hydrogen) atoms. The van der Waals surface area contributed by atoms with E-state index in [2.05, 4.69) is 10.6 Å². The second-order valence-corrected chi connectivity index (χ2v) is 8.60. The van der Waals surface area contributed by atoms with Crippen molar-refractivity contribution in [2.24, 2.45) is 0 Å². The van der Waals surface area contributed by atoms with E-state index in [9.17, 15) is 24.1 Å². The van der Waals surface area contributed by atoms with Crippen molar-refractivity contribution >= 4 is 25.6 Å². The summed E-state index contributed by atoms with van der Waals surface area (Å²) in [5, 5.41) is 14.2. The summed E-state index contributed by atoms with van der Waals surface area (Å²) < 4.78 is 27.5. The lowest BCUT2D eigenvalue weighted by atomic mass is 10.1. The average molecular weight is 458 g/mol. The van der Waals surface area contributed by atoms with Gasteiger partial charge in [-0.05, 0) is 38.7 Å². The van der Waals surface area contributed by atoms with Crippen molar-refractivity contribution in [3.63, 3.8) is 0 Å². The smallest absolute Gasteiger partial charge is 0.408 e. The molecule has 2 amide bonds. The zero-order valence-corrected chi connectivity index (χ0v) is 18.8. The summed E-state index contributed by atoms with van der Waals surface area (Å²) in [6, 6.07) is 7.93. The summed E-state index contributed by atoms with van der Waals surface area (Å²) in [5.41, 5.74) is 0.790. The highest BCUT2D eigenvalue weighted by molar-refractivity contribution is 7.54. The number of alkyl carbamates (subject to hydrolysis) is 1. The predicted molar refractivity (Wildman–Crippen MR) is 114 cm³/mol. The molecule has 0 bridgehead atoms. The van der Waals surface area contributed by atoms with Gasteiger partial charge in [-0.2, -0.15) is 0 Å². The van der Waals surface area contributed by atoms with Crippen LogP contribution in [0.25, 0.3) is 0 Å². The SMILES string of the molecule is CCOP(=O)(CC(=O)NCCCCC(NC(=O)OCc1ccccc1)C(=O)O)OCC. The Balaban J connectivity index is 2.31. The molecule has 1 atom stereocenters. The van der Waals surface area contributed by atoms with Crippen LogP contribution >= 0.6 is 7.60 Å². The van der Waals surface area contributed by atoms with E-state index in [-0.39, 0.29) is 38.9 Å². The van der Waals surface area contributed by atoms with E-state index in [0.717, 1.165) is 5.56 Å². The van der Waals surface area contributed by atoms with E-state index in [4.69, 9.17) is 13.8 Å². The van der Waals surface area contributed by atoms with Gasteiger partial charge in [0.05, 0.1) is 13.2 Å². The third-order valence-corrected chi connectivity index (χ3v) is 6.01. The number of rotatable bonds is 15. The molecule has 0 spiro atoms. The Labute approximate surface area is 182 Å². The predicted octanol–water partition coefficient (Wildman–Crippen LogP) is 2.92. The number of hydrogen-bond acceptors (Lipinski definition) is 7. The minimum absolute atomic E-state index is 0.0401. The lowest BCUT2D eigenvalue weighted by molar-refractivity contribution is -0.139. The quantitative estimate of drug-likeness (QED) is 0.269. The molecule has 0 saturated carbocycles. The molecular weight excluding hydrogens is 427 g/mol. The van der Waals surface area contributed by atoms with Gasteiger partial charge >= 0.3 is 19.7 Å². The first kappa shape index (κ1) is 26.6. The van der Waals surface area contributed by atoms with Gasteiger partial charge in [0.15, 0.2) is 0 Å². The van der Waals surface area contributed by atoms with Crippen LogP contribution in [0, 0.1) is 0 Å². The Kier molecular flexibility index (Phi) is 12.5. The Morgan fingerprint density at radius 3 is 2.29 bits per heavy atom. The molecule has 0 saturated heterocycles. The maximum absolute atomic E-state index is 12.3. The molecule has 3 N–H and O–H groups in total. The topological polar surface area (TPSA) is 140 Å². The van der Waals surface area contributed by atoms with Gasteiger partial charge < -0.3 is 29.5 Å². The maximum Gasteiger partial charge on any atom is 0.408 e. The van der Waals surface area contributed by atoms with E-state index < -0.39 is 31.6 Å². The van der Waals surface area contributed by atoms with Crippen LogP contribution in [0.15, 0.2) is 30.3 Å². The Morgan fingerprint density at radius 2 is 1.71 bits per heavy atom. The van der Waals surface area contributed by atoms with E-state index in [0.29, 0.717) is 12.8 Å². The zero-order chi connectivity index (χ0) is 23.1. The van der Waals surface area contributed by atoms with Crippen molar-refractivity contribution in [2.45, 2.75) is 45.8 Å². The number of hydrogen-bond donors (Lipinski definition) is 3. The highest BCUT2D eigenvalue weighted by Crippen LogP contribution is 2.47. The Hall–Kier alpha value is -2.42. The molecule has 0 aromatic heterocycles. The van der Waals surface area contributed by atoms with Crippen LogP contribution in [0.5, 0.6) is 0 Å². The molecule has 1 aromatic carbocycles. The summed E-state index contributed by atoms with van der Waals surface area (Å²) in [5.74, 6) is -1.64. The van der Waals surface area contributed by atoms with Crippen molar-refractivity contribution in [2.75, 3.05) is 25.9 Å². The molecule has 0 aliphatic rings. The summed E-state index contributed by atoms with van der Waals surface area (Å²) in [6.45, 7) is 3.96. The zero-order valence-electron chi connectivity index (χ0n) is 17.9. The van der Waals surface area contributed by atoms with E-state index in [1.54, 1.807) is 26.0 Å². The van der Waals surface area contributed by atoms with Gasteiger partial charge in [-0.15, -0.1) is 0 Å². The van der Waals surface area contributed by atoms with Crippen molar-refractivity contribution in [1.82, 2.24) is 10.6 Å². The van der Waals surface area contributed by atoms with Gasteiger partial charge in [0, 0.05) is 6.54 Å². The first-order chi connectivity index (χ1) is 14.8. The van der Waals surface area contributed by atoms with Gasteiger partial charge in [0.25, 0.3) is 0 Å². The van der Waals surface area contributed by atoms with Crippen molar-refractivity contribution in [1.29, 1.82) is 0 Å². The molecule has 0 heterocycles. The summed E-state index contributed by atoms with van der Waals surface area (Å²) in [4.78, 5) is 35.1. The van der Waals surface area contributed by atoms with Crippen LogP contribution in [-0.2, 0) is 34.5 Å². The third kappa shape index (κ3) is 11.5. The molecule has 1 unspecified atom stereocenters. The molecular formula is C20H31N2O8P.